The number of unbranched alkanes of at least 4 members (excludes halogenated alkanes) is 1. The number of hydrogen-bond donors (Lipinski definition) is 6. The molecule has 0 aromatic heterocycles. The van der Waals surface area contributed by atoms with Crippen LogP contribution in [0.4, 0.5) is 51.2 Å². The Morgan fingerprint density at radius 3 is 1.60 bits per heavy atom. The van der Waals surface area contributed by atoms with E-state index in [1.165, 1.54) is 24.3 Å². The fourth-order valence-electron chi connectivity index (χ4n) is 8.28. The van der Waals surface area contributed by atoms with Gasteiger partial charge in [-0.25, -0.2) is 0 Å². The zero-order valence-corrected chi connectivity index (χ0v) is 49.9. The molecule has 0 atom stereocenters. The van der Waals surface area contributed by atoms with Gasteiger partial charge >= 0.3 is 0 Å². The summed E-state index contributed by atoms with van der Waals surface area (Å²) < 4.78 is 145. The van der Waals surface area contributed by atoms with Crippen molar-refractivity contribution in [2.75, 3.05) is 30.0 Å². The number of nitrogens with zero attached hydrogens (tertiary/aromatic N) is 8. The summed E-state index contributed by atoms with van der Waals surface area (Å²) in [4.78, 5) is -1.08. The van der Waals surface area contributed by atoms with Gasteiger partial charge in [-0.2, -0.15) is 64.4 Å². The maximum Gasteiger partial charge on any atom is 0.296 e. The molecule has 7 aromatic carbocycles. The van der Waals surface area contributed by atoms with Gasteiger partial charge in [-0.3, -0.25) is 18.2 Å². The molecule has 0 saturated carbocycles. The minimum Gasteiger partial charge on any atom is -0.505 e. The monoisotopic (exact) mass is 1240 g/mol. The van der Waals surface area contributed by atoms with Crippen LogP contribution in [0.5, 0.6) is 17.2 Å². The largest absolute Gasteiger partial charge is 0.505 e. The molecule has 0 aliphatic heterocycles. The topological polar surface area (TPSA) is 367 Å². The maximum absolute atomic E-state index is 12.7. The van der Waals surface area contributed by atoms with Gasteiger partial charge in [-0.1, -0.05) is 30.9 Å². The summed E-state index contributed by atoms with van der Waals surface area (Å²) in [6.07, 6.45) is 7.16. The Balaban J connectivity index is 1.11. The van der Waals surface area contributed by atoms with Gasteiger partial charge < -0.3 is 19.9 Å². The number of rotatable bonds is 25. The average molecular weight is 1240 g/mol. The van der Waals surface area contributed by atoms with Gasteiger partial charge in [0.25, 0.3) is 40.5 Å². The maximum atomic E-state index is 12.7. The number of hydrogen-bond acceptors (Lipinski definition) is 20. The van der Waals surface area contributed by atoms with Crippen molar-refractivity contribution in [3.05, 3.63) is 155 Å². The van der Waals surface area contributed by atoms with Crippen molar-refractivity contribution in [2.45, 2.75) is 70.6 Å². The molecule has 0 aliphatic carbocycles. The summed E-state index contributed by atoms with van der Waals surface area (Å²) in [5, 5.41) is 51.1. The predicted octanol–water partition coefficient (Wildman–Crippen LogP) is 15.2. The predicted molar refractivity (Wildman–Crippen MR) is 323 cm³/mol. The number of ether oxygens (including phenoxy) is 2. The zero-order valence-electron chi connectivity index (χ0n) is 46.7. The lowest BCUT2D eigenvalue weighted by molar-refractivity contribution is 0.311. The first-order valence-electron chi connectivity index (χ1n) is 25.7. The fraction of sp³-hybridized carbons (Fsp3) is 0.228. The minimum atomic E-state index is -4.89. The van der Waals surface area contributed by atoms with Crippen LogP contribution in [-0.2, 0) is 40.5 Å². The van der Waals surface area contributed by atoms with Crippen LogP contribution in [0.3, 0.4) is 0 Å². The third-order valence-electron chi connectivity index (χ3n) is 12.7. The Bertz CT molecular complexity index is 4430. The Morgan fingerprint density at radius 2 is 1.05 bits per heavy atom. The molecule has 24 nitrogen and oxygen atoms in total. The molecule has 446 valence electrons. The van der Waals surface area contributed by atoms with Gasteiger partial charge in [0.1, 0.15) is 27.8 Å². The number of nitrogens with one attached hydrogen (secondary N) is 1. The normalized spacial score (nSPS) is 13.0. The summed E-state index contributed by atoms with van der Waals surface area (Å²) in [6.45, 7) is 14.1. The SMILES string of the molecule is C=C/C=C\C(=C/C)Nc1ccc2c(O)c(N=Nc3cc(C)c(N=Nc4cc(C)c(N=Nc5cc(C)c(N=Nc6ccc7cc(S(=O)(=O)O)cc(OCCCCS(=O)(=O)O)c7c6)cc5OCCCS(=O)(=O)O)cc4C)cc3C)c(S(=O)(=O)O)cc2c1. The molecule has 6 N–H and O–H groups in total. The molecule has 0 fully saturated rings. The lowest BCUT2D eigenvalue weighted by Crippen LogP contribution is -2.08. The number of allylic oxidation sites excluding steroid dienone is 4. The van der Waals surface area contributed by atoms with Gasteiger partial charge in [-0.15, -0.1) is 10.2 Å². The highest BCUT2D eigenvalue weighted by molar-refractivity contribution is 7.86. The van der Waals surface area contributed by atoms with E-state index in [1.807, 2.05) is 13.0 Å². The second-order valence-electron chi connectivity index (χ2n) is 19.3. The van der Waals surface area contributed by atoms with E-state index in [0.717, 1.165) is 11.8 Å². The second-order valence-corrected chi connectivity index (χ2v) is 25.3. The van der Waals surface area contributed by atoms with E-state index in [1.54, 1.807) is 114 Å². The third-order valence-corrected chi connectivity index (χ3v) is 16.0. The molecule has 0 amide bonds. The number of phenols is 1. The van der Waals surface area contributed by atoms with E-state index >= 15 is 0 Å². The smallest absolute Gasteiger partial charge is 0.296 e. The number of phenolic OH excluding ortho intramolecular Hbond substituents is 1. The van der Waals surface area contributed by atoms with Crippen molar-refractivity contribution in [1.82, 2.24) is 0 Å². The van der Waals surface area contributed by atoms with Gasteiger partial charge in [0.15, 0.2) is 5.75 Å². The number of anilines is 1. The van der Waals surface area contributed by atoms with Gasteiger partial charge in [0.05, 0.1) is 63.7 Å². The molecule has 0 saturated heterocycles. The minimum absolute atomic E-state index is 0.0476. The highest BCUT2D eigenvalue weighted by Crippen LogP contribution is 2.44. The summed E-state index contributed by atoms with van der Waals surface area (Å²) in [6, 6.07) is 23.2. The lowest BCUT2D eigenvalue weighted by Gasteiger charge is -2.12. The second kappa shape index (κ2) is 27.0. The standard InChI is InChI=1S/C57H59N9O15S4/c1-8-10-14-41(9-2)58-42-17-18-45-40(28-42)30-55(85(77,78)79)56(57(45)67)66-64-50-26-36(5)48(25-37(50)6)62-61-47-23-35(4)49(24-34(47)3)63-65-52-27-38(7)51(33-54(52)81-20-13-22-83(71,72)73)60-59-43-16-15-39-29-44(84(74,75)76)32-53(46(39)31-43)80-19-11-12-21-82(68,69)70/h8-10,14-18,23-33,58,67H,1,11-13,19-22H2,2-7H3,(H,68,69,70)(H,71,72,73)(H,74,75,76)(H,77,78,79)/b14-10-,41-9+,60-59?,62-61?,65-63?,66-64?. The van der Waals surface area contributed by atoms with E-state index in [9.17, 15) is 52.4 Å². The van der Waals surface area contributed by atoms with Crippen LogP contribution in [0.25, 0.3) is 21.5 Å². The van der Waals surface area contributed by atoms with E-state index in [4.69, 9.17) is 14.0 Å². The van der Waals surface area contributed by atoms with Crippen molar-refractivity contribution in [3.8, 4) is 17.2 Å². The quantitative estimate of drug-likeness (QED) is 0.0134. The number of azo groups is 4. The molecule has 0 spiro atoms. The van der Waals surface area contributed by atoms with Crippen LogP contribution in [0.15, 0.2) is 178 Å². The van der Waals surface area contributed by atoms with Crippen LogP contribution >= 0.6 is 0 Å². The van der Waals surface area contributed by atoms with E-state index in [-0.39, 0.29) is 55.0 Å². The van der Waals surface area contributed by atoms with E-state index in [0.29, 0.717) is 83.8 Å². The lowest BCUT2D eigenvalue weighted by atomic mass is 10.1. The molecule has 0 unspecified atom stereocenters. The van der Waals surface area contributed by atoms with Crippen LogP contribution in [0, 0.1) is 34.6 Å². The zero-order chi connectivity index (χ0) is 62.0. The Morgan fingerprint density at radius 1 is 0.529 bits per heavy atom. The van der Waals surface area contributed by atoms with E-state index < -0.39 is 73.2 Å². The fourth-order valence-corrected chi connectivity index (χ4v) is 10.5. The number of aromatic hydroxyl groups is 1. The molecule has 28 heteroatoms. The molecule has 85 heavy (non-hydrogen) atoms. The van der Waals surface area contributed by atoms with Crippen molar-refractivity contribution in [1.29, 1.82) is 0 Å². The summed E-state index contributed by atoms with van der Waals surface area (Å²) in [5.74, 6) is -1.38. The molecular weight excluding hydrogens is 1180 g/mol. The molecular formula is C57H59N9O15S4. The first-order chi connectivity index (χ1) is 40.0. The third kappa shape index (κ3) is 17.5. The highest BCUT2D eigenvalue weighted by Gasteiger charge is 2.23. The van der Waals surface area contributed by atoms with Crippen LogP contribution < -0.4 is 14.8 Å². The van der Waals surface area contributed by atoms with E-state index in [2.05, 4.69) is 52.8 Å². The number of fused-ring (bicyclic) bond motifs is 2. The van der Waals surface area contributed by atoms with Crippen LogP contribution in [-0.4, -0.2) is 81.7 Å². The molecule has 0 aliphatic rings. The van der Waals surface area contributed by atoms with Crippen LogP contribution in [0.2, 0.25) is 0 Å². The van der Waals surface area contributed by atoms with Crippen molar-refractivity contribution in [3.63, 3.8) is 0 Å². The Kier molecular flexibility index (Phi) is 20.4. The summed E-state index contributed by atoms with van der Waals surface area (Å²) in [5.41, 5.74) is 6.60. The molecule has 0 bridgehead atoms. The van der Waals surface area contributed by atoms with Crippen molar-refractivity contribution in [2.24, 2.45) is 40.9 Å². The summed E-state index contributed by atoms with van der Waals surface area (Å²) in [7, 11) is -18.0. The molecule has 0 radical (unpaired) electrons. The molecule has 7 aromatic rings. The number of aryl methyl sites for hydroxylation is 5. The Hall–Kier alpha value is -8.48. The van der Waals surface area contributed by atoms with Crippen molar-refractivity contribution >= 4 is 113 Å². The van der Waals surface area contributed by atoms with Crippen molar-refractivity contribution < 1.29 is 66.5 Å². The van der Waals surface area contributed by atoms with Gasteiger partial charge in [-0.05, 0) is 178 Å². The van der Waals surface area contributed by atoms with Gasteiger partial charge in [0, 0.05) is 34.3 Å². The highest BCUT2D eigenvalue weighted by atomic mass is 32.2. The number of benzene rings is 7. The average Bonchev–Trinajstić information content (AvgIpc) is 2.38. The van der Waals surface area contributed by atoms with Gasteiger partial charge in [0.2, 0.25) is 0 Å². The Labute approximate surface area is 491 Å². The summed E-state index contributed by atoms with van der Waals surface area (Å²) >= 11 is 0. The molecule has 0 heterocycles. The molecule has 7 rings (SSSR count). The van der Waals surface area contributed by atoms with Crippen LogP contribution in [0.1, 0.15) is 54.0 Å². The first kappa shape index (κ1) is 64.1. The first-order valence-corrected chi connectivity index (χ1v) is 31.8.